The molecule has 4 aliphatic rings. The van der Waals surface area contributed by atoms with Gasteiger partial charge in [0.1, 0.15) is 6.29 Å². The molecule has 7 rings (SSSR count). The number of amides is 2. The summed E-state index contributed by atoms with van der Waals surface area (Å²) in [7, 11) is 0. The summed E-state index contributed by atoms with van der Waals surface area (Å²) in [5.74, 6) is -2.03. The Hall–Kier alpha value is -2.80. The molecular formula is C25H16INO3. The summed E-state index contributed by atoms with van der Waals surface area (Å²) in [5, 5.41) is 0. The van der Waals surface area contributed by atoms with Gasteiger partial charge in [-0.05, 0) is 63.0 Å². The fourth-order valence-electron chi connectivity index (χ4n) is 5.90. The van der Waals surface area contributed by atoms with Crippen LogP contribution in [0.4, 0.5) is 5.69 Å². The molecule has 2 amide bonds. The van der Waals surface area contributed by atoms with Crippen molar-refractivity contribution in [2.24, 2.45) is 11.8 Å². The van der Waals surface area contributed by atoms with Gasteiger partial charge in [0.15, 0.2) is 0 Å². The lowest BCUT2D eigenvalue weighted by Crippen LogP contribution is -2.54. The molecule has 2 atom stereocenters. The van der Waals surface area contributed by atoms with Gasteiger partial charge in [-0.25, -0.2) is 4.90 Å². The highest BCUT2D eigenvalue weighted by atomic mass is 127. The predicted molar refractivity (Wildman–Crippen MR) is 120 cm³/mol. The Kier molecular flexibility index (Phi) is 3.67. The molecule has 30 heavy (non-hydrogen) atoms. The van der Waals surface area contributed by atoms with E-state index in [9.17, 15) is 14.4 Å². The van der Waals surface area contributed by atoms with E-state index in [2.05, 4.69) is 22.6 Å². The SMILES string of the molecule is O=CC12c3ccccc3C(c3ccccc31)[C@H]1C(=O)N(c3cccc(I)c3)C(=O)[C@@H]12. The Morgan fingerprint density at radius 3 is 2.07 bits per heavy atom. The van der Waals surface area contributed by atoms with Crippen molar-refractivity contribution in [1.82, 2.24) is 0 Å². The molecule has 0 N–H and O–H groups in total. The summed E-state index contributed by atoms with van der Waals surface area (Å²) in [4.78, 5) is 41.7. The summed E-state index contributed by atoms with van der Waals surface area (Å²) in [6.07, 6.45) is 0.904. The molecule has 0 saturated carbocycles. The Bertz CT molecular complexity index is 1220. The first-order valence-electron chi connectivity index (χ1n) is 9.88. The van der Waals surface area contributed by atoms with Gasteiger partial charge < -0.3 is 4.79 Å². The number of carbonyl (C=O) groups is 3. The second-order valence-corrected chi connectivity index (χ2v) is 9.38. The van der Waals surface area contributed by atoms with Gasteiger partial charge in [-0.1, -0.05) is 54.6 Å². The Labute approximate surface area is 187 Å². The zero-order chi connectivity index (χ0) is 20.6. The van der Waals surface area contributed by atoms with E-state index in [1.807, 2.05) is 66.7 Å². The van der Waals surface area contributed by atoms with E-state index in [1.165, 1.54) is 4.90 Å². The maximum absolute atomic E-state index is 13.8. The molecule has 1 saturated heterocycles. The van der Waals surface area contributed by atoms with Gasteiger partial charge in [0.25, 0.3) is 0 Å². The maximum atomic E-state index is 13.8. The van der Waals surface area contributed by atoms with Gasteiger partial charge >= 0.3 is 0 Å². The van der Waals surface area contributed by atoms with E-state index >= 15 is 0 Å². The second kappa shape index (κ2) is 6.11. The van der Waals surface area contributed by atoms with Crippen molar-refractivity contribution in [3.05, 3.63) is 98.6 Å². The highest BCUT2D eigenvalue weighted by Crippen LogP contribution is 2.63. The number of aldehydes is 1. The van der Waals surface area contributed by atoms with Crippen LogP contribution in [-0.4, -0.2) is 18.1 Å². The standard InChI is InChI=1S/C25H16INO3/c26-14-6-5-7-15(12-14)27-23(29)21-20-16-8-1-3-10-18(16)25(13-28,22(21)24(27)30)19-11-4-2-9-17(19)20/h1-13,20-22H/t20?,21-,22-,25?/m1/s1. The van der Waals surface area contributed by atoms with Crippen LogP contribution in [0.3, 0.4) is 0 Å². The molecule has 0 radical (unpaired) electrons. The minimum Gasteiger partial charge on any atom is -0.302 e. The summed E-state index contributed by atoms with van der Waals surface area (Å²) < 4.78 is 0.945. The quantitative estimate of drug-likeness (QED) is 0.300. The number of imide groups is 1. The molecule has 0 spiro atoms. The van der Waals surface area contributed by atoms with E-state index in [-0.39, 0.29) is 17.7 Å². The van der Waals surface area contributed by atoms with Crippen molar-refractivity contribution in [3.8, 4) is 0 Å². The normalized spacial score (nSPS) is 28.2. The minimum atomic E-state index is -1.14. The van der Waals surface area contributed by atoms with Crippen molar-refractivity contribution in [2.75, 3.05) is 4.90 Å². The zero-order valence-corrected chi connectivity index (χ0v) is 17.9. The van der Waals surface area contributed by atoms with Gasteiger partial charge in [-0.2, -0.15) is 0 Å². The Morgan fingerprint density at radius 2 is 1.47 bits per heavy atom. The molecule has 146 valence electrons. The topological polar surface area (TPSA) is 54.5 Å². The lowest BCUT2D eigenvalue weighted by molar-refractivity contribution is -0.128. The van der Waals surface area contributed by atoms with E-state index < -0.39 is 17.3 Å². The summed E-state index contributed by atoms with van der Waals surface area (Å²) in [5.41, 5.74) is 3.10. The van der Waals surface area contributed by atoms with Crippen LogP contribution in [0.15, 0.2) is 72.8 Å². The molecule has 3 aromatic rings. The van der Waals surface area contributed by atoms with Crippen LogP contribution in [0.25, 0.3) is 0 Å². The number of carbonyl (C=O) groups excluding carboxylic acids is 3. The molecule has 1 fully saturated rings. The van der Waals surface area contributed by atoms with Crippen molar-refractivity contribution in [3.63, 3.8) is 0 Å². The van der Waals surface area contributed by atoms with Crippen LogP contribution in [0.5, 0.6) is 0 Å². The Balaban J connectivity index is 1.66. The summed E-state index contributed by atoms with van der Waals surface area (Å²) in [6.45, 7) is 0. The van der Waals surface area contributed by atoms with E-state index in [0.29, 0.717) is 5.69 Å². The third-order valence-corrected chi connectivity index (χ3v) is 7.61. The van der Waals surface area contributed by atoms with Gasteiger partial charge in [-0.15, -0.1) is 0 Å². The molecule has 0 unspecified atom stereocenters. The fraction of sp³-hybridized carbons (Fsp3) is 0.160. The molecule has 3 aliphatic carbocycles. The average molecular weight is 505 g/mol. The monoisotopic (exact) mass is 505 g/mol. The molecule has 1 heterocycles. The third kappa shape index (κ3) is 1.99. The number of hydrogen-bond acceptors (Lipinski definition) is 3. The van der Waals surface area contributed by atoms with Crippen molar-refractivity contribution in [1.29, 1.82) is 0 Å². The van der Waals surface area contributed by atoms with Crippen LogP contribution in [-0.2, 0) is 19.8 Å². The summed E-state index contributed by atoms with van der Waals surface area (Å²) in [6, 6.07) is 22.9. The van der Waals surface area contributed by atoms with Crippen LogP contribution < -0.4 is 4.90 Å². The zero-order valence-electron chi connectivity index (χ0n) is 15.8. The highest BCUT2D eigenvalue weighted by Gasteiger charge is 2.68. The van der Waals surface area contributed by atoms with Crippen LogP contribution in [0, 0.1) is 15.4 Å². The molecule has 1 aliphatic heterocycles. The number of halogens is 1. The highest BCUT2D eigenvalue weighted by molar-refractivity contribution is 14.1. The molecule has 5 heteroatoms. The number of nitrogens with zero attached hydrogens (tertiary/aromatic N) is 1. The lowest BCUT2D eigenvalue weighted by Gasteiger charge is -2.51. The number of benzene rings is 3. The largest absolute Gasteiger partial charge is 0.302 e. The molecular weight excluding hydrogens is 489 g/mol. The number of hydrogen-bond donors (Lipinski definition) is 0. The molecule has 2 bridgehead atoms. The third-order valence-electron chi connectivity index (χ3n) is 6.94. The number of anilines is 1. The van der Waals surface area contributed by atoms with Gasteiger partial charge in [0.05, 0.1) is 22.9 Å². The van der Waals surface area contributed by atoms with Gasteiger partial charge in [0, 0.05) is 9.49 Å². The van der Waals surface area contributed by atoms with E-state index in [1.54, 1.807) is 6.07 Å². The molecule has 4 nitrogen and oxygen atoms in total. The number of rotatable bonds is 2. The average Bonchev–Trinajstić information content (AvgIpc) is 3.05. The van der Waals surface area contributed by atoms with Crippen LogP contribution >= 0.6 is 22.6 Å². The Morgan fingerprint density at radius 1 is 0.833 bits per heavy atom. The molecule has 3 aromatic carbocycles. The second-order valence-electron chi connectivity index (χ2n) is 8.13. The fourth-order valence-corrected chi connectivity index (χ4v) is 6.43. The van der Waals surface area contributed by atoms with Gasteiger partial charge in [-0.3, -0.25) is 9.59 Å². The van der Waals surface area contributed by atoms with Crippen molar-refractivity contribution >= 4 is 46.4 Å². The van der Waals surface area contributed by atoms with Crippen LogP contribution in [0.2, 0.25) is 0 Å². The lowest BCUT2D eigenvalue weighted by atomic mass is 9.48. The first-order chi connectivity index (χ1) is 14.6. The predicted octanol–water partition coefficient (Wildman–Crippen LogP) is 4.04. The first kappa shape index (κ1) is 18.0. The van der Waals surface area contributed by atoms with Crippen molar-refractivity contribution < 1.29 is 14.4 Å². The van der Waals surface area contributed by atoms with Gasteiger partial charge in [0.2, 0.25) is 11.8 Å². The first-order valence-corrected chi connectivity index (χ1v) is 11.0. The minimum absolute atomic E-state index is 0.216. The van der Waals surface area contributed by atoms with Crippen molar-refractivity contribution in [2.45, 2.75) is 11.3 Å². The summed E-state index contributed by atoms with van der Waals surface area (Å²) >= 11 is 2.17. The molecule has 0 aromatic heterocycles. The van der Waals surface area contributed by atoms with E-state index in [4.69, 9.17) is 0 Å². The smallest absolute Gasteiger partial charge is 0.239 e. The van der Waals surface area contributed by atoms with E-state index in [0.717, 1.165) is 32.1 Å². The van der Waals surface area contributed by atoms with Crippen LogP contribution in [0.1, 0.15) is 28.2 Å². The maximum Gasteiger partial charge on any atom is 0.239 e.